The van der Waals surface area contributed by atoms with Gasteiger partial charge in [0.15, 0.2) is 9.84 Å². The normalized spacial score (nSPS) is 17.7. The van der Waals surface area contributed by atoms with Crippen molar-refractivity contribution in [3.8, 4) is 28.4 Å². The van der Waals surface area contributed by atoms with E-state index in [0.29, 0.717) is 66.7 Å². The number of aromatic nitrogens is 1. The van der Waals surface area contributed by atoms with E-state index in [1.807, 2.05) is 36.1 Å². The number of likely N-dealkylation sites (tertiary alicyclic amines) is 2. The fourth-order valence-corrected chi connectivity index (χ4v) is 8.45. The van der Waals surface area contributed by atoms with Gasteiger partial charge in [0.1, 0.15) is 36.5 Å². The summed E-state index contributed by atoms with van der Waals surface area (Å²) in [6.07, 6.45) is 7.72. The smallest absolute Gasteiger partial charge is 0.320 e. The first-order valence-electron chi connectivity index (χ1n) is 19.2. The Bertz CT molecular complexity index is 2200. The van der Waals surface area contributed by atoms with Gasteiger partial charge in [-0.25, -0.2) is 8.42 Å². The number of halogens is 1. The Kier molecular flexibility index (Phi) is 13.8. The second-order valence-corrected chi connectivity index (χ2v) is 17.4. The molecule has 0 aliphatic carbocycles. The number of hydrogen-bond acceptors (Lipinski definition) is 10. The van der Waals surface area contributed by atoms with Crippen LogP contribution in [0.1, 0.15) is 59.9 Å². The monoisotopic (exact) mass is 819 g/mol. The molecule has 6 rings (SSSR count). The summed E-state index contributed by atoms with van der Waals surface area (Å²) in [5.41, 5.74) is 6.33. The van der Waals surface area contributed by atoms with Gasteiger partial charge in [-0.2, -0.15) is 0 Å². The zero-order chi connectivity index (χ0) is 40.7. The van der Waals surface area contributed by atoms with Crippen molar-refractivity contribution in [1.29, 1.82) is 0 Å². The van der Waals surface area contributed by atoms with E-state index in [9.17, 15) is 28.2 Å². The van der Waals surface area contributed by atoms with Gasteiger partial charge in [0.25, 0.3) is 0 Å². The standard InChI is InChI=1S/C43H50ClN3O9S/c1-28-32(9-6-10-35(28)36-11-7-13-39(29(36)2)54-18-8-15-46-17-14-31(24-46)42(48)49)27-56-41-21-40(55-26-30-19-34(23-45-22-30)57(3,52)53)33(20-37(41)44)25-47-16-5-4-12-38(47)43(50)51/h6-7,9-11,13,19-23,31,38H,4-5,8,12,14-18,24-27H2,1-3H3,(H,48,49)(H,50,51). The lowest BCUT2D eigenvalue weighted by atomic mass is 9.93. The van der Waals surface area contributed by atoms with Crippen LogP contribution in [0, 0.1) is 19.8 Å². The van der Waals surface area contributed by atoms with E-state index in [2.05, 4.69) is 28.9 Å². The molecule has 2 aliphatic rings. The quantitative estimate of drug-likeness (QED) is 0.104. The van der Waals surface area contributed by atoms with Gasteiger partial charge in [0.2, 0.25) is 0 Å². The predicted molar refractivity (Wildman–Crippen MR) is 217 cm³/mol. The summed E-state index contributed by atoms with van der Waals surface area (Å²) >= 11 is 6.85. The van der Waals surface area contributed by atoms with Crippen molar-refractivity contribution in [3.63, 3.8) is 0 Å². The minimum absolute atomic E-state index is 0.0156. The molecular formula is C43H50ClN3O9S. The van der Waals surface area contributed by atoms with Crippen LogP contribution in [-0.2, 0) is 39.2 Å². The summed E-state index contributed by atoms with van der Waals surface area (Å²) in [7, 11) is -3.48. The van der Waals surface area contributed by atoms with Crippen LogP contribution < -0.4 is 14.2 Å². The molecule has 2 aliphatic heterocycles. The number of carbonyl (C=O) groups is 2. The van der Waals surface area contributed by atoms with Crippen molar-refractivity contribution in [1.82, 2.24) is 14.8 Å². The van der Waals surface area contributed by atoms with Crippen LogP contribution in [0.2, 0.25) is 5.02 Å². The molecule has 2 N–H and O–H groups in total. The van der Waals surface area contributed by atoms with Crippen LogP contribution in [0.3, 0.4) is 0 Å². The van der Waals surface area contributed by atoms with Crippen molar-refractivity contribution < 1.29 is 42.4 Å². The molecular weight excluding hydrogens is 770 g/mol. The number of piperidine rings is 1. The molecule has 0 saturated carbocycles. The van der Waals surface area contributed by atoms with Gasteiger partial charge in [0.05, 0.1) is 22.4 Å². The first kappa shape index (κ1) is 41.9. The summed E-state index contributed by atoms with van der Waals surface area (Å²) in [4.78, 5) is 31.7. The highest BCUT2D eigenvalue weighted by Gasteiger charge is 2.30. The zero-order valence-electron chi connectivity index (χ0n) is 32.6. The van der Waals surface area contributed by atoms with Crippen molar-refractivity contribution in [2.24, 2.45) is 5.92 Å². The van der Waals surface area contributed by atoms with Gasteiger partial charge in [-0.3, -0.25) is 19.5 Å². The summed E-state index contributed by atoms with van der Waals surface area (Å²) < 4.78 is 43.2. The predicted octanol–water partition coefficient (Wildman–Crippen LogP) is 7.19. The number of ether oxygens (including phenoxy) is 3. The van der Waals surface area contributed by atoms with Crippen molar-refractivity contribution >= 4 is 33.4 Å². The molecule has 0 spiro atoms. The minimum atomic E-state index is -3.48. The number of carboxylic acids is 2. The lowest BCUT2D eigenvalue weighted by molar-refractivity contribution is -0.145. The van der Waals surface area contributed by atoms with Gasteiger partial charge >= 0.3 is 11.9 Å². The number of hydrogen-bond donors (Lipinski definition) is 2. The number of sulfone groups is 1. The highest BCUT2D eigenvalue weighted by atomic mass is 35.5. The number of pyridine rings is 1. The SMILES string of the molecule is Cc1c(COc2cc(OCc3cncc(S(C)(=O)=O)c3)c(CN3CCCCC3C(=O)O)cc2Cl)cccc1-c1cccc(OCCCN2CCC(C(=O)O)C2)c1C. The largest absolute Gasteiger partial charge is 0.493 e. The van der Waals surface area contributed by atoms with Gasteiger partial charge in [-0.05, 0) is 98.6 Å². The zero-order valence-corrected chi connectivity index (χ0v) is 34.2. The second kappa shape index (κ2) is 18.7. The topological polar surface area (TPSA) is 156 Å². The average molecular weight is 820 g/mol. The number of nitrogens with zero attached hydrogens (tertiary/aromatic N) is 3. The Labute approximate surface area is 339 Å². The highest BCUT2D eigenvalue weighted by molar-refractivity contribution is 7.90. The molecule has 3 heterocycles. The summed E-state index contributed by atoms with van der Waals surface area (Å²) in [6, 6.07) is 16.4. The highest BCUT2D eigenvalue weighted by Crippen LogP contribution is 2.37. The third kappa shape index (κ3) is 10.6. The molecule has 2 atom stereocenters. The van der Waals surface area contributed by atoms with Crippen LogP contribution in [0.4, 0.5) is 0 Å². The van der Waals surface area contributed by atoms with Gasteiger partial charge < -0.3 is 29.3 Å². The maximum absolute atomic E-state index is 12.2. The molecule has 57 heavy (non-hydrogen) atoms. The van der Waals surface area contributed by atoms with E-state index in [4.69, 9.17) is 25.8 Å². The van der Waals surface area contributed by atoms with E-state index in [-0.39, 0.29) is 24.0 Å². The third-order valence-corrected chi connectivity index (χ3v) is 12.3. The van der Waals surface area contributed by atoms with Crippen LogP contribution in [0.5, 0.6) is 17.2 Å². The van der Waals surface area contributed by atoms with Crippen LogP contribution in [0.25, 0.3) is 11.1 Å². The lowest BCUT2D eigenvalue weighted by Crippen LogP contribution is -2.44. The Balaban J connectivity index is 1.18. The molecule has 0 amide bonds. The maximum atomic E-state index is 12.2. The first-order valence-corrected chi connectivity index (χ1v) is 21.5. The maximum Gasteiger partial charge on any atom is 0.320 e. The van der Waals surface area contributed by atoms with E-state index in [1.165, 1.54) is 12.3 Å². The second-order valence-electron chi connectivity index (χ2n) is 14.9. The Morgan fingerprint density at radius 3 is 2.33 bits per heavy atom. The molecule has 14 heteroatoms. The number of rotatable bonds is 17. The molecule has 0 bridgehead atoms. The molecule has 2 fully saturated rings. The minimum Gasteiger partial charge on any atom is -0.493 e. The van der Waals surface area contributed by atoms with Gasteiger partial charge in [-0.1, -0.05) is 48.4 Å². The number of aliphatic carboxylic acids is 2. The molecule has 1 aromatic heterocycles. The number of carboxylic acid groups (broad SMARTS) is 2. The molecule has 2 saturated heterocycles. The molecule has 12 nitrogen and oxygen atoms in total. The van der Waals surface area contributed by atoms with E-state index in [0.717, 1.165) is 72.2 Å². The summed E-state index contributed by atoms with van der Waals surface area (Å²) in [5, 5.41) is 19.6. The average Bonchev–Trinajstić information content (AvgIpc) is 3.66. The van der Waals surface area contributed by atoms with E-state index < -0.39 is 27.8 Å². The number of benzene rings is 3. The van der Waals surface area contributed by atoms with Crippen LogP contribution >= 0.6 is 11.6 Å². The lowest BCUT2D eigenvalue weighted by Gasteiger charge is -2.33. The molecule has 0 radical (unpaired) electrons. The molecule has 4 aromatic rings. The third-order valence-electron chi connectivity index (χ3n) is 10.9. The van der Waals surface area contributed by atoms with Crippen LogP contribution in [-0.4, -0.2) is 90.4 Å². The fourth-order valence-electron chi connectivity index (χ4n) is 7.59. The van der Waals surface area contributed by atoms with Crippen molar-refractivity contribution in [2.75, 3.05) is 39.0 Å². The van der Waals surface area contributed by atoms with Crippen LogP contribution in [0.15, 0.2) is 71.9 Å². The van der Waals surface area contributed by atoms with E-state index in [1.54, 1.807) is 18.3 Å². The molecule has 2 unspecified atom stereocenters. The van der Waals surface area contributed by atoms with Crippen molar-refractivity contribution in [3.05, 3.63) is 99.8 Å². The van der Waals surface area contributed by atoms with Gasteiger partial charge in [-0.15, -0.1) is 0 Å². The summed E-state index contributed by atoms with van der Waals surface area (Å²) in [5.74, 6) is -0.252. The van der Waals surface area contributed by atoms with Crippen molar-refractivity contribution in [2.45, 2.75) is 76.6 Å². The Morgan fingerprint density at radius 1 is 0.842 bits per heavy atom. The Hall–Kier alpha value is -4.69. The molecule has 3 aromatic carbocycles. The van der Waals surface area contributed by atoms with E-state index >= 15 is 0 Å². The fraction of sp³-hybridized carbons (Fsp3) is 0.419. The van der Waals surface area contributed by atoms with Gasteiger partial charge in [0, 0.05) is 55.5 Å². The first-order chi connectivity index (χ1) is 27.3. The molecule has 304 valence electrons. The summed E-state index contributed by atoms with van der Waals surface area (Å²) in [6.45, 7) is 7.94. The Morgan fingerprint density at radius 2 is 1.60 bits per heavy atom.